The fraction of sp³-hybridized carbons (Fsp3) is 0.250. The van der Waals surface area contributed by atoms with Crippen molar-refractivity contribution in [2.75, 3.05) is 13.7 Å². The van der Waals surface area contributed by atoms with Crippen molar-refractivity contribution in [3.8, 4) is 0 Å². The molecule has 0 bridgehead atoms. The zero-order chi connectivity index (χ0) is 15.1. The van der Waals surface area contributed by atoms with E-state index in [9.17, 15) is 9.59 Å². The first-order valence-corrected chi connectivity index (χ1v) is 7.49. The number of likely N-dealkylation sites (N-methyl/N-ethyl adjacent to an activating group) is 1. The topological polar surface area (TPSA) is 46.6 Å². The first-order chi connectivity index (χ1) is 10.1. The molecule has 0 aliphatic carbocycles. The standard InChI is InChI=1S/C16H17NO3S/c1-17(11-14-8-5-9-21-14)15(18)12-20-16(19)10-13-6-3-2-4-7-13/h2-9H,10-12H2,1H3. The summed E-state index contributed by atoms with van der Waals surface area (Å²) >= 11 is 1.59. The second-order valence-electron chi connectivity index (χ2n) is 4.65. The Bertz CT molecular complexity index is 581. The van der Waals surface area contributed by atoms with Gasteiger partial charge < -0.3 is 9.64 Å². The molecule has 5 heteroatoms. The van der Waals surface area contributed by atoms with Crippen molar-refractivity contribution in [3.63, 3.8) is 0 Å². The van der Waals surface area contributed by atoms with Crippen molar-refractivity contribution in [2.24, 2.45) is 0 Å². The van der Waals surface area contributed by atoms with Crippen LogP contribution in [0.2, 0.25) is 0 Å². The molecule has 0 fully saturated rings. The van der Waals surface area contributed by atoms with Crippen LogP contribution in [-0.4, -0.2) is 30.4 Å². The number of carbonyl (C=O) groups excluding carboxylic acids is 2. The Labute approximate surface area is 128 Å². The number of esters is 1. The summed E-state index contributed by atoms with van der Waals surface area (Å²) in [7, 11) is 1.70. The molecule has 2 aromatic rings. The first kappa shape index (κ1) is 15.3. The van der Waals surface area contributed by atoms with E-state index in [4.69, 9.17) is 4.74 Å². The highest BCUT2D eigenvalue weighted by Gasteiger charge is 2.13. The van der Waals surface area contributed by atoms with Gasteiger partial charge in [-0.15, -0.1) is 11.3 Å². The van der Waals surface area contributed by atoms with Crippen molar-refractivity contribution in [2.45, 2.75) is 13.0 Å². The van der Waals surface area contributed by atoms with E-state index in [1.54, 1.807) is 23.3 Å². The van der Waals surface area contributed by atoms with Gasteiger partial charge in [-0.25, -0.2) is 0 Å². The molecule has 0 saturated carbocycles. The highest BCUT2D eigenvalue weighted by Crippen LogP contribution is 2.10. The number of benzene rings is 1. The summed E-state index contributed by atoms with van der Waals surface area (Å²) in [5, 5.41) is 1.97. The molecule has 4 nitrogen and oxygen atoms in total. The number of amides is 1. The lowest BCUT2D eigenvalue weighted by molar-refractivity contribution is -0.151. The minimum absolute atomic E-state index is 0.183. The van der Waals surface area contributed by atoms with E-state index in [1.165, 1.54) is 0 Å². The third-order valence-corrected chi connectivity index (χ3v) is 3.81. The predicted molar refractivity (Wildman–Crippen MR) is 81.9 cm³/mol. The molecule has 110 valence electrons. The smallest absolute Gasteiger partial charge is 0.310 e. The highest BCUT2D eigenvalue weighted by molar-refractivity contribution is 7.09. The van der Waals surface area contributed by atoms with Gasteiger partial charge in [0.25, 0.3) is 5.91 Å². The number of hydrogen-bond donors (Lipinski definition) is 0. The van der Waals surface area contributed by atoms with E-state index < -0.39 is 0 Å². The fourth-order valence-corrected chi connectivity index (χ4v) is 2.55. The van der Waals surface area contributed by atoms with Gasteiger partial charge in [-0.2, -0.15) is 0 Å². The molecule has 1 aromatic carbocycles. The Kier molecular flexibility index (Phi) is 5.51. The summed E-state index contributed by atoms with van der Waals surface area (Å²) in [5.41, 5.74) is 0.877. The van der Waals surface area contributed by atoms with E-state index >= 15 is 0 Å². The quantitative estimate of drug-likeness (QED) is 0.770. The summed E-state index contributed by atoms with van der Waals surface area (Å²) in [4.78, 5) is 26.2. The molecule has 1 amide bonds. The summed E-state index contributed by atoms with van der Waals surface area (Å²) < 4.78 is 5.02. The number of hydrogen-bond acceptors (Lipinski definition) is 4. The lowest BCUT2D eigenvalue weighted by Crippen LogP contribution is -2.30. The SMILES string of the molecule is CN(Cc1cccs1)C(=O)COC(=O)Cc1ccccc1. The van der Waals surface area contributed by atoms with E-state index in [0.29, 0.717) is 6.54 Å². The molecule has 0 atom stereocenters. The Morgan fingerprint density at radius 2 is 1.90 bits per heavy atom. The molecular formula is C16H17NO3S. The predicted octanol–water partition coefficient (Wildman–Crippen LogP) is 2.49. The molecule has 1 heterocycles. The molecule has 21 heavy (non-hydrogen) atoms. The number of nitrogens with zero attached hydrogens (tertiary/aromatic N) is 1. The minimum Gasteiger partial charge on any atom is -0.455 e. The van der Waals surface area contributed by atoms with Crippen LogP contribution in [0.4, 0.5) is 0 Å². The Morgan fingerprint density at radius 1 is 1.14 bits per heavy atom. The summed E-state index contributed by atoms with van der Waals surface area (Å²) in [5.74, 6) is -0.594. The van der Waals surface area contributed by atoms with E-state index in [2.05, 4.69) is 0 Å². The maximum Gasteiger partial charge on any atom is 0.310 e. The van der Waals surface area contributed by atoms with E-state index in [1.807, 2.05) is 47.8 Å². The third-order valence-electron chi connectivity index (χ3n) is 2.95. The molecule has 0 aliphatic rings. The number of thiophene rings is 1. The molecule has 0 unspecified atom stereocenters. The lowest BCUT2D eigenvalue weighted by atomic mass is 10.2. The van der Waals surface area contributed by atoms with Gasteiger partial charge in [0.05, 0.1) is 13.0 Å². The van der Waals surface area contributed by atoms with Crippen LogP contribution in [-0.2, 0) is 27.3 Å². The minimum atomic E-state index is -0.390. The van der Waals surface area contributed by atoms with Crippen LogP contribution >= 0.6 is 11.3 Å². The maximum atomic E-state index is 11.9. The number of ether oxygens (including phenoxy) is 1. The van der Waals surface area contributed by atoms with Crippen molar-refractivity contribution in [1.82, 2.24) is 4.90 Å². The van der Waals surface area contributed by atoms with Gasteiger partial charge in [-0.3, -0.25) is 9.59 Å². The van der Waals surface area contributed by atoms with Gasteiger partial charge in [0.2, 0.25) is 0 Å². The third kappa shape index (κ3) is 5.04. The number of carbonyl (C=O) groups is 2. The summed E-state index contributed by atoms with van der Waals surface area (Å²) in [6, 6.07) is 13.2. The summed E-state index contributed by atoms with van der Waals surface area (Å²) in [6.07, 6.45) is 0.183. The van der Waals surface area contributed by atoms with Crippen LogP contribution < -0.4 is 0 Å². The maximum absolute atomic E-state index is 11.9. The van der Waals surface area contributed by atoms with Crippen molar-refractivity contribution >= 4 is 23.2 Å². The molecule has 0 saturated heterocycles. The second-order valence-corrected chi connectivity index (χ2v) is 5.68. The zero-order valence-corrected chi connectivity index (χ0v) is 12.6. The van der Waals surface area contributed by atoms with Crippen LogP contribution in [0.3, 0.4) is 0 Å². The van der Waals surface area contributed by atoms with Crippen LogP contribution in [0.25, 0.3) is 0 Å². The van der Waals surface area contributed by atoms with Crippen molar-refractivity contribution in [1.29, 1.82) is 0 Å². The Balaban J connectivity index is 1.74. The number of rotatable bonds is 6. The monoisotopic (exact) mass is 303 g/mol. The molecular weight excluding hydrogens is 286 g/mol. The molecule has 0 N–H and O–H groups in total. The normalized spacial score (nSPS) is 10.1. The fourth-order valence-electron chi connectivity index (χ4n) is 1.79. The molecule has 0 spiro atoms. The van der Waals surface area contributed by atoms with Gasteiger partial charge >= 0.3 is 5.97 Å². The molecule has 2 rings (SSSR count). The van der Waals surface area contributed by atoms with Crippen LogP contribution in [0.5, 0.6) is 0 Å². The van der Waals surface area contributed by atoms with E-state index in [0.717, 1.165) is 10.4 Å². The Morgan fingerprint density at radius 3 is 2.57 bits per heavy atom. The van der Waals surface area contributed by atoms with Gasteiger partial charge in [0, 0.05) is 11.9 Å². The lowest BCUT2D eigenvalue weighted by Gasteiger charge is -2.16. The van der Waals surface area contributed by atoms with Gasteiger partial charge in [0.1, 0.15) is 0 Å². The first-order valence-electron chi connectivity index (χ1n) is 6.61. The average molecular weight is 303 g/mol. The zero-order valence-electron chi connectivity index (χ0n) is 11.8. The summed E-state index contributed by atoms with van der Waals surface area (Å²) in [6.45, 7) is 0.320. The van der Waals surface area contributed by atoms with Crippen LogP contribution in [0.1, 0.15) is 10.4 Å². The van der Waals surface area contributed by atoms with Gasteiger partial charge in [-0.05, 0) is 17.0 Å². The van der Waals surface area contributed by atoms with Crippen LogP contribution in [0.15, 0.2) is 47.8 Å². The van der Waals surface area contributed by atoms with Crippen LogP contribution in [0, 0.1) is 0 Å². The van der Waals surface area contributed by atoms with Crippen molar-refractivity contribution in [3.05, 3.63) is 58.3 Å². The molecule has 0 aliphatic heterocycles. The largest absolute Gasteiger partial charge is 0.455 e. The van der Waals surface area contributed by atoms with Gasteiger partial charge in [0.15, 0.2) is 6.61 Å². The highest BCUT2D eigenvalue weighted by atomic mass is 32.1. The van der Waals surface area contributed by atoms with E-state index in [-0.39, 0.29) is 24.9 Å². The molecule has 0 radical (unpaired) electrons. The van der Waals surface area contributed by atoms with Crippen molar-refractivity contribution < 1.29 is 14.3 Å². The second kappa shape index (κ2) is 7.59. The molecule has 1 aromatic heterocycles. The Hall–Kier alpha value is -2.14. The average Bonchev–Trinajstić information content (AvgIpc) is 2.98. The van der Waals surface area contributed by atoms with Gasteiger partial charge in [-0.1, -0.05) is 36.4 Å².